The van der Waals surface area contributed by atoms with Gasteiger partial charge in [0.25, 0.3) is 5.91 Å². The van der Waals surface area contributed by atoms with E-state index in [0.29, 0.717) is 56.1 Å². The minimum absolute atomic E-state index is 0.0636. The number of carbonyl (C=O) groups is 2. The van der Waals surface area contributed by atoms with Gasteiger partial charge in [-0.05, 0) is 49.2 Å². The number of piperazine rings is 1. The number of ether oxygens (including phenoxy) is 2. The lowest BCUT2D eigenvalue weighted by Gasteiger charge is -2.39. The van der Waals surface area contributed by atoms with Crippen LogP contribution in [0.25, 0.3) is 0 Å². The largest absolute Gasteiger partial charge is 0.497 e. The Morgan fingerprint density at radius 2 is 1.39 bits per heavy atom. The standard InChI is InChI=1S/C25H30FN3O4/c1-32-22-15-19(16-23(17-22)33-2)25(31)28-9-7-18(8-10-28)24(30)29-13-11-27(12-14-29)21-5-3-20(26)4-6-21/h3-6,15-18H,7-14H2,1-2H3. The number of carbonyl (C=O) groups excluding carboxylic acids is 2. The number of nitrogens with zero attached hydrogens (tertiary/aromatic N) is 3. The van der Waals surface area contributed by atoms with E-state index in [-0.39, 0.29) is 23.5 Å². The number of hydrogen-bond donors (Lipinski definition) is 0. The predicted molar refractivity (Wildman–Crippen MR) is 123 cm³/mol. The molecule has 176 valence electrons. The van der Waals surface area contributed by atoms with E-state index >= 15 is 0 Å². The Hall–Kier alpha value is -3.29. The number of methoxy groups -OCH3 is 2. The van der Waals surface area contributed by atoms with Gasteiger partial charge in [-0.15, -0.1) is 0 Å². The van der Waals surface area contributed by atoms with E-state index in [1.54, 1.807) is 49.5 Å². The molecule has 7 nitrogen and oxygen atoms in total. The van der Waals surface area contributed by atoms with Crippen molar-refractivity contribution < 1.29 is 23.5 Å². The van der Waals surface area contributed by atoms with Crippen molar-refractivity contribution in [1.82, 2.24) is 9.80 Å². The van der Waals surface area contributed by atoms with E-state index in [1.165, 1.54) is 12.1 Å². The molecule has 2 aromatic carbocycles. The molecule has 0 aromatic heterocycles. The van der Waals surface area contributed by atoms with E-state index in [9.17, 15) is 14.0 Å². The summed E-state index contributed by atoms with van der Waals surface area (Å²) in [6.45, 7) is 3.85. The molecule has 8 heteroatoms. The molecule has 0 spiro atoms. The Labute approximate surface area is 193 Å². The van der Waals surface area contributed by atoms with Gasteiger partial charge in [-0.2, -0.15) is 0 Å². The van der Waals surface area contributed by atoms with Crippen LogP contribution in [0.1, 0.15) is 23.2 Å². The van der Waals surface area contributed by atoms with Crippen molar-refractivity contribution in [1.29, 1.82) is 0 Å². The molecular formula is C25H30FN3O4. The molecule has 0 N–H and O–H groups in total. The number of amides is 2. The first kappa shape index (κ1) is 22.9. The van der Waals surface area contributed by atoms with Crippen molar-refractivity contribution in [2.75, 3.05) is 58.4 Å². The van der Waals surface area contributed by atoms with Gasteiger partial charge in [0.2, 0.25) is 5.91 Å². The first-order valence-corrected chi connectivity index (χ1v) is 11.3. The van der Waals surface area contributed by atoms with E-state index in [1.807, 2.05) is 4.90 Å². The fourth-order valence-corrected chi connectivity index (χ4v) is 4.54. The Balaban J connectivity index is 1.29. The monoisotopic (exact) mass is 455 g/mol. The highest BCUT2D eigenvalue weighted by Gasteiger charge is 2.32. The first-order chi connectivity index (χ1) is 16.0. The summed E-state index contributed by atoms with van der Waals surface area (Å²) < 4.78 is 23.7. The molecule has 0 unspecified atom stereocenters. The third kappa shape index (κ3) is 5.21. The van der Waals surface area contributed by atoms with E-state index in [2.05, 4.69) is 4.90 Å². The van der Waals surface area contributed by atoms with Gasteiger partial charge < -0.3 is 24.2 Å². The molecular weight excluding hydrogens is 425 g/mol. The second-order valence-electron chi connectivity index (χ2n) is 8.46. The molecule has 0 radical (unpaired) electrons. The minimum Gasteiger partial charge on any atom is -0.497 e. The van der Waals surface area contributed by atoms with Crippen LogP contribution in [0.3, 0.4) is 0 Å². The summed E-state index contributed by atoms with van der Waals surface area (Å²) in [5, 5.41) is 0. The summed E-state index contributed by atoms with van der Waals surface area (Å²) in [6, 6.07) is 11.6. The zero-order valence-electron chi connectivity index (χ0n) is 19.1. The van der Waals surface area contributed by atoms with Crippen LogP contribution in [-0.2, 0) is 4.79 Å². The summed E-state index contributed by atoms with van der Waals surface area (Å²) in [5.74, 6) is 0.925. The number of hydrogen-bond acceptors (Lipinski definition) is 5. The molecule has 0 aliphatic carbocycles. The van der Waals surface area contributed by atoms with Gasteiger partial charge in [0.15, 0.2) is 0 Å². The summed E-state index contributed by atoms with van der Waals surface area (Å²) >= 11 is 0. The Morgan fingerprint density at radius 3 is 1.94 bits per heavy atom. The van der Waals surface area contributed by atoms with Gasteiger partial charge in [-0.25, -0.2) is 4.39 Å². The molecule has 33 heavy (non-hydrogen) atoms. The lowest BCUT2D eigenvalue weighted by Crippen LogP contribution is -2.52. The minimum atomic E-state index is -0.247. The lowest BCUT2D eigenvalue weighted by molar-refractivity contribution is -0.137. The molecule has 0 saturated carbocycles. The number of benzene rings is 2. The van der Waals surface area contributed by atoms with Crippen LogP contribution in [0.2, 0.25) is 0 Å². The maximum absolute atomic E-state index is 13.2. The van der Waals surface area contributed by atoms with E-state index < -0.39 is 0 Å². The van der Waals surface area contributed by atoms with E-state index in [4.69, 9.17) is 9.47 Å². The SMILES string of the molecule is COc1cc(OC)cc(C(=O)N2CCC(C(=O)N3CCN(c4ccc(F)cc4)CC3)CC2)c1. The van der Waals surface area contributed by atoms with Crippen molar-refractivity contribution in [2.45, 2.75) is 12.8 Å². The molecule has 0 bridgehead atoms. The van der Waals surface area contributed by atoms with Crippen LogP contribution in [0.4, 0.5) is 10.1 Å². The molecule has 4 rings (SSSR count). The van der Waals surface area contributed by atoms with Gasteiger partial charge in [-0.1, -0.05) is 0 Å². The fraction of sp³-hybridized carbons (Fsp3) is 0.440. The Morgan fingerprint density at radius 1 is 0.818 bits per heavy atom. The van der Waals surface area contributed by atoms with Gasteiger partial charge in [-0.3, -0.25) is 9.59 Å². The molecule has 2 aliphatic rings. The van der Waals surface area contributed by atoms with Gasteiger partial charge in [0.05, 0.1) is 14.2 Å². The van der Waals surface area contributed by atoms with Crippen LogP contribution in [0.5, 0.6) is 11.5 Å². The molecule has 2 amide bonds. The average molecular weight is 456 g/mol. The van der Waals surface area contributed by atoms with Crippen molar-refractivity contribution in [3.63, 3.8) is 0 Å². The topological polar surface area (TPSA) is 62.3 Å². The molecule has 0 atom stereocenters. The van der Waals surface area contributed by atoms with Crippen LogP contribution < -0.4 is 14.4 Å². The highest BCUT2D eigenvalue weighted by Crippen LogP contribution is 2.26. The summed E-state index contributed by atoms with van der Waals surface area (Å²) in [6.07, 6.45) is 1.31. The highest BCUT2D eigenvalue weighted by molar-refractivity contribution is 5.95. The highest BCUT2D eigenvalue weighted by atomic mass is 19.1. The third-order valence-electron chi connectivity index (χ3n) is 6.51. The van der Waals surface area contributed by atoms with Crippen LogP contribution in [-0.4, -0.2) is 75.1 Å². The Kier molecular flexibility index (Phi) is 7.01. The van der Waals surface area contributed by atoms with Crippen molar-refractivity contribution >= 4 is 17.5 Å². The fourth-order valence-electron chi connectivity index (χ4n) is 4.54. The number of likely N-dealkylation sites (tertiary alicyclic amines) is 1. The van der Waals surface area contributed by atoms with Gasteiger partial charge in [0.1, 0.15) is 17.3 Å². The van der Waals surface area contributed by atoms with Gasteiger partial charge in [0, 0.05) is 62.5 Å². The molecule has 2 aromatic rings. The summed E-state index contributed by atoms with van der Waals surface area (Å²) in [5.41, 5.74) is 1.50. The van der Waals surface area contributed by atoms with Crippen molar-refractivity contribution in [3.8, 4) is 11.5 Å². The molecule has 2 heterocycles. The maximum atomic E-state index is 13.2. The second kappa shape index (κ2) is 10.1. The Bertz CT molecular complexity index is 959. The number of rotatable bonds is 5. The predicted octanol–water partition coefficient (Wildman–Crippen LogP) is 3.04. The number of piperidine rings is 1. The lowest BCUT2D eigenvalue weighted by atomic mass is 9.94. The maximum Gasteiger partial charge on any atom is 0.254 e. The zero-order chi connectivity index (χ0) is 23.4. The molecule has 2 aliphatic heterocycles. The second-order valence-corrected chi connectivity index (χ2v) is 8.46. The summed E-state index contributed by atoms with van der Waals surface area (Å²) in [4.78, 5) is 32.0. The third-order valence-corrected chi connectivity index (χ3v) is 6.51. The van der Waals surface area contributed by atoms with E-state index in [0.717, 1.165) is 18.8 Å². The molecule has 2 fully saturated rings. The van der Waals surface area contributed by atoms with Crippen molar-refractivity contribution in [2.24, 2.45) is 5.92 Å². The number of anilines is 1. The van der Waals surface area contributed by atoms with Crippen LogP contribution in [0, 0.1) is 11.7 Å². The molecule has 2 saturated heterocycles. The summed E-state index contributed by atoms with van der Waals surface area (Å²) in [7, 11) is 3.11. The van der Waals surface area contributed by atoms with Gasteiger partial charge >= 0.3 is 0 Å². The normalized spacial score (nSPS) is 17.1. The van der Waals surface area contributed by atoms with Crippen molar-refractivity contribution in [3.05, 3.63) is 53.8 Å². The smallest absolute Gasteiger partial charge is 0.254 e. The van der Waals surface area contributed by atoms with Crippen LogP contribution in [0.15, 0.2) is 42.5 Å². The zero-order valence-corrected chi connectivity index (χ0v) is 19.1. The number of halogens is 1. The quantitative estimate of drug-likeness (QED) is 0.694. The van der Waals surface area contributed by atoms with Crippen LogP contribution >= 0.6 is 0 Å². The first-order valence-electron chi connectivity index (χ1n) is 11.3. The average Bonchev–Trinajstić information content (AvgIpc) is 2.88.